The van der Waals surface area contributed by atoms with Gasteiger partial charge in [0, 0.05) is 0 Å². The molecule has 0 bridgehead atoms. The third-order valence-corrected chi connectivity index (χ3v) is 2.07. The van der Waals surface area contributed by atoms with Crippen LogP contribution in [0.5, 0.6) is 0 Å². The number of nitrogens with one attached hydrogen (secondary N) is 1. The summed E-state index contributed by atoms with van der Waals surface area (Å²) in [4.78, 5) is 2.96. The number of guanidine groups is 1. The van der Waals surface area contributed by atoms with Gasteiger partial charge in [0.25, 0.3) is 0 Å². The first-order valence-corrected chi connectivity index (χ1v) is 3.91. The zero-order valence-corrected chi connectivity index (χ0v) is 7.40. The van der Waals surface area contributed by atoms with Crippen molar-refractivity contribution in [1.82, 2.24) is 0 Å². The lowest BCUT2D eigenvalue weighted by molar-refractivity contribution is -0.467. The molecule has 0 spiro atoms. The van der Waals surface area contributed by atoms with Gasteiger partial charge in [0.2, 0.25) is 0 Å². The molecule has 0 radical (unpaired) electrons. The molecule has 1 aliphatic carbocycles. The molecule has 1 rings (SSSR count). The zero-order valence-electron chi connectivity index (χ0n) is 6.65. The molecule has 1 fully saturated rings. The standard InChI is InChI=1S/C7H15N3.ClH/c8-7(9)10-5-6-3-1-2-4-6;/h6H,1-5H2,(H4,8,9,10);1H. The summed E-state index contributed by atoms with van der Waals surface area (Å²) in [5.74, 6) is 1.16. The molecule has 1 saturated carbocycles. The van der Waals surface area contributed by atoms with Crippen LogP contribution in [-0.4, -0.2) is 12.5 Å². The van der Waals surface area contributed by atoms with Crippen LogP contribution in [0.4, 0.5) is 0 Å². The second kappa shape index (κ2) is 5.24. The summed E-state index contributed by atoms with van der Waals surface area (Å²) in [7, 11) is 0. The first-order chi connectivity index (χ1) is 4.79. The van der Waals surface area contributed by atoms with Gasteiger partial charge in [-0.1, -0.05) is 12.8 Å². The van der Waals surface area contributed by atoms with E-state index in [1.54, 1.807) is 0 Å². The SMILES string of the molecule is NC(N)=[NH+]CC1CCCC1.[Cl-]. The lowest BCUT2D eigenvalue weighted by Gasteiger charge is -2.01. The van der Waals surface area contributed by atoms with Crippen molar-refractivity contribution in [3.05, 3.63) is 0 Å². The Morgan fingerprint density at radius 3 is 2.27 bits per heavy atom. The number of hydrogen-bond donors (Lipinski definition) is 3. The van der Waals surface area contributed by atoms with Crippen LogP contribution in [0.3, 0.4) is 0 Å². The topological polar surface area (TPSA) is 66.0 Å². The third kappa shape index (κ3) is 4.09. The van der Waals surface area contributed by atoms with Gasteiger partial charge in [-0.25, -0.2) is 0 Å². The Kier molecular flexibility index (Phi) is 5.03. The minimum Gasteiger partial charge on any atom is -1.00 e. The number of hydrogen-bond acceptors (Lipinski definition) is 0. The van der Waals surface area contributed by atoms with Crippen LogP contribution >= 0.6 is 0 Å². The maximum absolute atomic E-state index is 5.25. The monoisotopic (exact) mass is 177 g/mol. The van der Waals surface area contributed by atoms with E-state index in [2.05, 4.69) is 4.99 Å². The van der Waals surface area contributed by atoms with Crippen LogP contribution in [0.25, 0.3) is 0 Å². The highest BCUT2D eigenvalue weighted by Gasteiger charge is 2.14. The molecular formula is C7H16ClN3. The molecule has 3 nitrogen and oxygen atoms in total. The predicted octanol–water partition coefficient (Wildman–Crippen LogP) is -4.47. The summed E-state index contributed by atoms with van der Waals surface area (Å²) in [6, 6.07) is 0. The van der Waals surface area contributed by atoms with Crippen LogP contribution < -0.4 is 28.9 Å². The molecule has 66 valence electrons. The molecule has 1 aliphatic rings. The van der Waals surface area contributed by atoms with Crippen molar-refractivity contribution in [2.45, 2.75) is 25.7 Å². The number of rotatable bonds is 2. The molecule has 11 heavy (non-hydrogen) atoms. The average Bonchev–Trinajstić information content (AvgIpc) is 2.34. The molecule has 4 heteroatoms. The van der Waals surface area contributed by atoms with Gasteiger partial charge in [0.15, 0.2) is 0 Å². The molecule has 0 aromatic rings. The van der Waals surface area contributed by atoms with Gasteiger partial charge in [0.1, 0.15) is 0 Å². The van der Waals surface area contributed by atoms with E-state index in [4.69, 9.17) is 11.5 Å². The Bertz CT molecular complexity index is 126. The predicted molar refractivity (Wildman–Crippen MR) is 41.2 cm³/mol. The van der Waals surface area contributed by atoms with Crippen molar-refractivity contribution < 1.29 is 17.4 Å². The lowest BCUT2D eigenvalue weighted by atomic mass is 10.1. The molecule has 0 heterocycles. The third-order valence-electron chi connectivity index (χ3n) is 2.07. The highest BCUT2D eigenvalue weighted by Crippen LogP contribution is 2.22. The van der Waals surface area contributed by atoms with Gasteiger partial charge >= 0.3 is 5.96 Å². The van der Waals surface area contributed by atoms with Gasteiger partial charge in [-0.3, -0.25) is 16.5 Å². The van der Waals surface area contributed by atoms with Crippen LogP contribution in [0.2, 0.25) is 0 Å². The minimum absolute atomic E-state index is 0. The Morgan fingerprint density at radius 1 is 1.27 bits per heavy atom. The van der Waals surface area contributed by atoms with Gasteiger partial charge in [0.05, 0.1) is 6.54 Å². The van der Waals surface area contributed by atoms with Crippen molar-refractivity contribution in [2.75, 3.05) is 6.54 Å². The lowest BCUT2D eigenvalue weighted by Crippen LogP contribution is -3.00. The van der Waals surface area contributed by atoms with Crippen LogP contribution in [0.1, 0.15) is 25.7 Å². The number of nitrogens with two attached hydrogens (primary N) is 2. The van der Waals surface area contributed by atoms with E-state index in [0.29, 0.717) is 5.96 Å². The van der Waals surface area contributed by atoms with Crippen LogP contribution in [0, 0.1) is 5.92 Å². The van der Waals surface area contributed by atoms with Gasteiger partial charge in [-0.15, -0.1) is 0 Å². The summed E-state index contributed by atoms with van der Waals surface area (Å²) >= 11 is 0. The van der Waals surface area contributed by atoms with E-state index in [0.717, 1.165) is 12.5 Å². The molecule has 0 unspecified atom stereocenters. The molecule has 0 atom stereocenters. The van der Waals surface area contributed by atoms with Crippen molar-refractivity contribution >= 4 is 5.96 Å². The fourth-order valence-corrected chi connectivity index (χ4v) is 1.48. The second-order valence-corrected chi connectivity index (χ2v) is 2.99. The molecule has 0 amide bonds. The fourth-order valence-electron chi connectivity index (χ4n) is 1.48. The summed E-state index contributed by atoms with van der Waals surface area (Å²) in [5, 5.41) is 0. The minimum atomic E-state index is 0. The molecule has 0 aromatic carbocycles. The fraction of sp³-hybridized carbons (Fsp3) is 0.857. The smallest absolute Gasteiger partial charge is 0.338 e. The largest absolute Gasteiger partial charge is 1.00 e. The first-order valence-electron chi connectivity index (χ1n) is 3.91. The molecule has 0 aromatic heterocycles. The Hall–Kier alpha value is -0.440. The highest BCUT2D eigenvalue weighted by atomic mass is 35.5. The Balaban J connectivity index is 0.000001000. The summed E-state index contributed by atoms with van der Waals surface area (Å²) < 4.78 is 0. The molecule has 0 saturated heterocycles. The molecule has 5 N–H and O–H groups in total. The maximum Gasteiger partial charge on any atom is 0.338 e. The van der Waals surface area contributed by atoms with Crippen molar-refractivity contribution in [2.24, 2.45) is 17.4 Å². The van der Waals surface area contributed by atoms with E-state index in [1.807, 2.05) is 0 Å². The van der Waals surface area contributed by atoms with E-state index >= 15 is 0 Å². The van der Waals surface area contributed by atoms with Crippen LogP contribution in [0.15, 0.2) is 0 Å². The van der Waals surface area contributed by atoms with Gasteiger partial charge in [-0.2, -0.15) is 0 Å². The van der Waals surface area contributed by atoms with E-state index < -0.39 is 0 Å². The van der Waals surface area contributed by atoms with E-state index in [-0.39, 0.29) is 12.4 Å². The quantitative estimate of drug-likeness (QED) is 0.294. The van der Waals surface area contributed by atoms with Crippen molar-refractivity contribution in [1.29, 1.82) is 0 Å². The zero-order chi connectivity index (χ0) is 7.40. The summed E-state index contributed by atoms with van der Waals surface area (Å²) in [6.07, 6.45) is 5.41. The van der Waals surface area contributed by atoms with Gasteiger partial charge < -0.3 is 12.4 Å². The normalized spacial score (nSPS) is 17.5. The summed E-state index contributed by atoms with van der Waals surface area (Å²) in [5.41, 5.74) is 10.5. The van der Waals surface area contributed by atoms with Crippen LogP contribution in [-0.2, 0) is 0 Å². The van der Waals surface area contributed by atoms with Gasteiger partial charge in [-0.05, 0) is 18.8 Å². The molecular weight excluding hydrogens is 162 g/mol. The maximum atomic E-state index is 5.25. The Morgan fingerprint density at radius 2 is 1.82 bits per heavy atom. The first kappa shape index (κ1) is 10.6. The molecule has 0 aliphatic heterocycles. The van der Waals surface area contributed by atoms with Crippen molar-refractivity contribution in [3.8, 4) is 0 Å². The van der Waals surface area contributed by atoms with E-state index in [1.165, 1.54) is 25.7 Å². The average molecular weight is 178 g/mol. The number of halogens is 1. The summed E-state index contributed by atoms with van der Waals surface area (Å²) in [6.45, 7) is 0.961. The van der Waals surface area contributed by atoms with Crippen molar-refractivity contribution in [3.63, 3.8) is 0 Å². The van der Waals surface area contributed by atoms with E-state index in [9.17, 15) is 0 Å². The second-order valence-electron chi connectivity index (χ2n) is 2.99. The highest BCUT2D eigenvalue weighted by molar-refractivity contribution is 5.69. The Labute approximate surface area is 73.7 Å².